The van der Waals surface area contributed by atoms with Gasteiger partial charge in [0.25, 0.3) is 17.4 Å². The number of nitrogens with zero attached hydrogens (tertiary/aromatic N) is 10. The van der Waals surface area contributed by atoms with Gasteiger partial charge in [-0.15, -0.1) is 5.10 Å². The Labute approximate surface area is 372 Å². The van der Waals surface area contributed by atoms with Crippen molar-refractivity contribution in [1.29, 1.82) is 0 Å². The summed E-state index contributed by atoms with van der Waals surface area (Å²) in [5.41, 5.74) is 3.53. The number of piperazine rings is 1. The third kappa shape index (κ3) is 8.54. The second kappa shape index (κ2) is 18.0. The molecule has 4 aromatic heterocycles. The van der Waals surface area contributed by atoms with Crippen molar-refractivity contribution >= 4 is 69.5 Å². The van der Waals surface area contributed by atoms with E-state index >= 15 is 0 Å². The van der Waals surface area contributed by atoms with Gasteiger partial charge in [-0.2, -0.15) is 4.98 Å². The summed E-state index contributed by atoms with van der Waals surface area (Å²) in [6.07, 6.45) is 10.5. The van der Waals surface area contributed by atoms with Crippen LogP contribution in [0.4, 0.5) is 23.1 Å². The van der Waals surface area contributed by atoms with Gasteiger partial charge in [0, 0.05) is 88.0 Å². The number of anilines is 4. The van der Waals surface area contributed by atoms with Crippen LogP contribution in [-0.2, 0) is 27.3 Å². The molecule has 4 aliphatic rings. The van der Waals surface area contributed by atoms with Gasteiger partial charge in [0.15, 0.2) is 5.78 Å². The third-order valence-corrected chi connectivity index (χ3v) is 12.8. The third-order valence-electron chi connectivity index (χ3n) is 12.8. The van der Waals surface area contributed by atoms with Crippen LogP contribution in [0.3, 0.4) is 0 Å². The molecule has 0 bridgehead atoms. The summed E-state index contributed by atoms with van der Waals surface area (Å²) in [7, 11) is 0. The number of hydrogen-bond donors (Lipinski definition) is 3. The van der Waals surface area contributed by atoms with Gasteiger partial charge in [0.1, 0.15) is 17.5 Å². The number of imide groups is 2. The van der Waals surface area contributed by atoms with E-state index in [1.54, 1.807) is 46.8 Å². The van der Waals surface area contributed by atoms with Crippen LogP contribution < -0.4 is 26.4 Å². The molecule has 1 aromatic carbocycles. The van der Waals surface area contributed by atoms with Crippen molar-refractivity contribution in [2.75, 3.05) is 48.3 Å². The second-order valence-corrected chi connectivity index (χ2v) is 16.9. The summed E-state index contributed by atoms with van der Waals surface area (Å²) in [4.78, 5) is 109. The number of fused-ring (bicyclic) bond motifs is 2. The summed E-state index contributed by atoms with van der Waals surface area (Å²) >= 11 is 0. The Morgan fingerprint density at radius 3 is 2.46 bits per heavy atom. The van der Waals surface area contributed by atoms with Crippen molar-refractivity contribution in [3.63, 3.8) is 0 Å². The highest BCUT2D eigenvalue weighted by Crippen LogP contribution is 2.34. The Morgan fingerprint density at radius 1 is 0.923 bits per heavy atom. The van der Waals surface area contributed by atoms with Crippen LogP contribution in [0.25, 0.3) is 11.0 Å². The lowest BCUT2D eigenvalue weighted by molar-refractivity contribution is -0.136. The first-order chi connectivity index (χ1) is 31.4. The van der Waals surface area contributed by atoms with Gasteiger partial charge in [-0.3, -0.25) is 53.0 Å². The fourth-order valence-corrected chi connectivity index (χ4v) is 9.37. The van der Waals surface area contributed by atoms with E-state index in [-0.39, 0.29) is 52.8 Å². The number of Topliss-reactive ketones (excluding diaryl/α,β-unsaturated/α-hetero) is 1. The molecule has 20 heteroatoms. The van der Waals surface area contributed by atoms with Crippen molar-refractivity contribution < 1.29 is 28.8 Å². The van der Waals surface area contributed by atoms with E-state index in [1.165, 1.54) is 6.92 Å². The molecule has 1 saturated carbocycles. The lowest BCUT2D eigenvalue weighted by Crippen LogP contribution is -2.54. The monoisotopic (exact) mass is 883 g/mol. The number of benzene rings is 1. The van der Waals surface area contributed by atoms with E-state index in [0.29, 0.717) is 98.3 Å². The van der Waals surface area contributed by atoms with Crippen molar-refractivity contribution in [2.45, 2.75) is 90.3 Å². The molecule has 5 aromatic rings. The van der Waals surface area contributed by atoms with E-state index in [2.05, 4.69) is 41.1 Å². The summed E-state index contributed by atoms with van der Waals surface area (Å²) in [6.45, 7) is 6.60. The molecule has 0 radical (unpaired) electrons. The number of amides is 5. The molecule has 7 heterocycles. The smallest absolute Gasteiger partial charge is 0.264 e. The Hall–Kier alpha value is -7.38. The maximum absolute atomic E-state index is 13.6. The Kier molecular flexibility index (Phi) is 11.9. The van der Waals surface area contributed by atoms with Crippen molar-refractivity contribution in [2.24, 2.45) is 0 Å². The Bertz CT molecular complexity index is 2790. The molecular weight excluding hydrogens is 835 g/mol. The number of pyridine rings is 2. The van der Waals surface area contributed by atoms with Gasteiger partial charge in [0.2, 0.25) is 23.7 Å². The minimum atomic E-state index is -1.03. The average Bonchev–Trinajstić information content (AvgIpc) is 4.06. The number of ketones is 1. The molecular formula is C45H49N13O7. The molecule has 3 fully saturated rings. The van der Waals surface area contributed by atoms with Gasteiger partial charge >= 0.3 is 0 Å². The highest BCUT2D eigenvalue weighted by molar-refractivity contribution is 6.25. The normalized spacial score (nSPS) is 17.8. The maximum Gasteiger partial charge on any atom is 0.264 e. The molecule has 9 rings (SSSR count). The predicted octanol–water partition coefficient (Wildman–Crippen LogP) is 3.33. The highest BCUT2D eigenvalue weighted by atomic mass is 16.2. The standard InChI is InChI=1S/C45H49N13O7/c1-26-32-24-48-45(51-40(32)57(29-7-3-4-8-29)43(64)38(26)27(2)59)49-35-14-12-30(23-47-35)54-19-21-55(22-20-54)37(61)16-11-28-25-56(53-52-28)18-6-17-46-33-10-5-9-31-39(33)44(65)58(42(31)63)34-13-15-36(60)50-41(34)62/h5,9-10,12,14,23-25,29,34,46H,3-4,6-8,11,13,15-22H2,1-2H3,(H,50,60,62)(H,47,48,49,51). The zero-order valence-corrected chi connectivity index (χ0v) is 36.2. The molecule has 3 N–H and O–H groups in total. The molecule has 20 nitrogen and oxygen atoms in total. The van der Waals surface area contributed by atoms with Gasteiger partial charge in [-0.05, 0) is 69.4 Å². The summed E-state index contributed by atoms with van der Waals surface area (Å²) < 4.78 is 3.40. The second-order valence-electron chi connectivity index (χ2n) is 16.9. The van der Waals surface area contributed by atoms with Crippen LogP contribution in [0.15, 0.2) is 53.7 Å². The zero-order chi connectivity index (χ0) is 45.4. The minimum Gasteiger partial charge on any atom is -0.384 e. The van der Waals surface area contributed by atoms with Gasteiger partial charge in [-0.25, -0.2) is 9.97 Å². The van der Waals surface area contributed by atoms with E-state index in [0.717, 1.165) is 36.3 Å². The Morgan fingerprint density at radius 2 is 1.72 bits per heavy atom. The van der Waals surface area contributed by atoms with Crippen molar-refractivity contribution in [3.05, 3.63) is 87.2 Å². The fraction of sp³-hybridized carbons (Fsp3) is 0.422. The largest absolute Gasteiger partial charge is 0.384 e. The zero-order valence-electron chi connectivity index (χ0n) is 36.2. The van der Waals surface area contributed by atoms with E-state index in [9.17, 15) is 33.6 Å². The highest BCUT2D eigenvalue weighted by Gasteiger charge is 2.45. The SMILES string of the molecule is CC(=O)c1c(C)c2cnc(Nc3ccc(N4CCN(C(=O)CCc5cn(CCCNc6cccc7c6C(=O)N(C6CCC(=O)NC6=O)C7=O)nn5)CC4)cn3)nc2n(C2CCCC2)c1=O. The number of carbonyl (C=O) groups is 6. The molecule has 65 heavy (non-hydrogen) atoms. The quantitative estimate of drug-likeness (QED) is 0.0824. The molecule has 1 aliphatic carbocycles. The van der Waals surface area contributed by atoms with E-state index in [4.69, 9.17) is 4.98 Å². The van der Waals surface area contributed by atoms with Gasteiger partial charge < -0.3 is 20.4 Å². The van der Waals surface area contributed by atoms with Crippen LogP contribution in [0, 0.1) is 6.92 Å². The van der Waals surface area contributed by atoms with Crippen LogP contribution in [0.1, 0.15) is 107 Å². The summed E-state index contributed by atoms with van der Waals surface area (Å²) in [6, 6.07) is 7.70. The van der Waals surface area contributed by atoms with Crippen molar-refractivity contribution in [3.8, 4) is 0 Å². The number of hydrogen-bond acceptors (Lipinski definition) is 15. The Balaban J connectivity index is 0.727. The first-order valence-electron chi connectivity index (χ1n) is 22.1. The minimum absolute atomic E-state index is 0.0184. The number of carbonyl (C=O) groups excluding carboxylic acids is 6. The topological polar surface area (TPSA) is 240 Å². The fourth-order valence-electron chi connectivity index (χ4n) is 9.37. The molecule has 5 amide bonds. The van der Waals surface area contributed by atoms with Crippen LogP contribution in [0.2, 0.25) is 0 Å². The molecule has 1 unspecified atom stereocenters. The summed E-state index contributed by atoms with van der Waals surface area (Å²) in [5, 5.41) is 17.8. The lowest BCUT2D eigenvalue weighted by Gasteiger charge is -2.36. The van der Waals surface area contributed by atoms with E-state index < -0.39 is 29.7 Å². The van der Waals surface area contributed by atoms with Crippen LogP contribution in [0.5, 0.6) is 0 Å². The number of nitrogens with one attached hydrogen (secondary N) is 3. The number of aryl methyl sites for hydroxylation is 3. The average molecular weight is 884 g/mol. The number of aromatic nitrogens is 7. The van der Waals surface area contributed by atoms with Crippen LogP contribution in [-0.4, -0.2) is 118 Å². The maximum atomic E-state index is 13.6. The first kappa shape index (κ1) is 42.9. The lowest BCUT2D eigenvalue weighted by atomic mass is 10.0. The molecule has 3 aliphatic heterocycles. The van der Waals surface area contributed by atoms with Crippen LogP contribution >= 0.6 is 0 Å². The first-order valence-corrected chi connectivity index (χ1v) is 22.1. The van der Waals surface area contributed by atoms with Crippen molar-refractivity contribution in [1.82, 2.24) is 49.6 Å². The molecule has 0 spiro atoms. The molecule has 1 atom stereocenters. The molecule has 2 saturated heterocycles. The number of piperidine rings is 1. The summed E-state index contributed by atoms with van der Waals surface area (Å²) in [5.74, 6) is -1.58. The van der Waals surface area contributed by atoms with Gasteiger partial charge in [0.05, 0.1) is 34.3 Å². The predicted molar refractivity (Wildman–Crippen MR) is 237 cm³/mol. The van der Waals surface area contributed by atoms with Gasteiger partial charge in [-0.1, -0.05) is 24.1 Å². The molecule has 336 valence electrons. The number of rotatable bonds is 14. The van der Waals surface area contributed by atoms with E-state index in [1.807, 2.05) is 23.2 Å².